The van der Waals surface area contributed by atoms with E-state index in [4.69, 9.17) is 18.9 Å². The van der Waals surface area contributed by atoms with E-state index in [0.29, 0.717) is 35.2 Å². The van der Waals surface area contributed by atoms with E-state index in [2.05, 4.69) is 5.32 Å². The highest BCUT2D eigenvalue weighted by molar-refractivity contribution is 7.98. The van der Waals surface area contributed by atoms with Gasteiger partial charge in [0.25, 0.3) is 10.0 Å². The summed E-state index contributed by atoms with van der Waals surface area (Å²) in [6.45, 7) is 1.75. The average Bonchev–Trinajstić information content (AvgIpc) is 2.94. The first-order valence-electron chi connectivity index (χ1n) is 11.7. The van der Waals surface area contributed by atoms with Gasteiger partial charge in [-0.05, 0) is 61.7 Å². The Hall–Kier alpha value is -3.57. The quantitative estimate of drug-likeness (QED) is 0.308. The number of para-hydroxylation sites is 2. The summed E-state index contributed by atoms with van der Waals surface area (Å²) in [6, 6.07) is 16.7. The fourth-order valence-electron chi connectivity index (χ4n) is 3.80. The number of sulfonamides is 1. The number of nitrogens with one attached hydrogen (secondary N) is 1. The Morgan fingerprint density at radius 3 is 2.18 bits per heavy atom. The molecular formula is C27H32N2O7S2. The number of hydrogen-bond acceptors (Lipinski definition) is 8. The highest BCUT2D eigenvalue weighted by Crippen LogP contribution is 2.39. The molecule has 0 saturated carbocycles. The van der Waals surface area contributed by atoms with Gasteiger partial charge in [0.05, 0.1) is 38.5 Å². The first-order valence-corrected chi connectivity index (χ1v) is 14.4. The van der Waals surface area contributed by atoms with Crippen molar-refractivity contribution < 1.29 is 32.2 Å². The molecule has 204 valence electrons. The van der Waals surface area contributed by atoms with Gasteiger partial charge in [-0.3, -0.25) is 9.10 Å². The molecule has 0 bridgehead atoms. The molecule has 0 atom stereocenters. The second-order valence-corrected chi connectivity index (χ2v) is 10.6. The minimum Gasteiger partial charge on any atom is -0.493 e. The van der Waals surface area contributed by atoms with Gasteiger partial charge in [0.1, 0.15) is 12.3 Å². The zero-order valence-electron chi connectivity index (χ0n) is 22.0. The van der Waals surface area contributed by atoms with Gasteiger partial charge in [-0.25, -0.2) is 8.42 Å². The van der Waals surface area contributed by atoms with Gasteiger partial charge >= 0.3 is 0 Å². The van der Waals surface area contributed by atoms with Crippen LogP contribution in [0, 0.1) is 0 Å². The monoisotopic (exact) mass is 560 g/mol. The number of anilines is 1. The standard InChI is InChI=1S/C27H32N2O7S2/c1-6-36-23-10-8-7-9-22(23)29(38(31,32)21-14-12-20(37-5)13-15-21)18-25(30)28-17-19-11-16-24(33-2)27(35-4)26(19)34-3/h7-16H,6,17-18H2,1-5H3,(H,28,30). The molecule has 0 aliphatic heterocycles. The van der Waals surface area contributed by atoms with Crippen molar-refractivity contribution in [3.63, 3.8) is 0 Å². The van der Waals surface area contributed by atoms with Crippen molar-refractivity contribution in [1.82, 2.24) is 5.32 Å². The molecule has 0 heterocycles. The normalized spacial score (nSPS) is 11.0. The maximum Gasteiger partial charge on any atom is 0.264 e. The molecule has 3 aromatic carbocycles. The van der Waals surface area contributed by atoms with E-state index in [9.17, 15) is 13.2 Å². The molecule has 0 fully saturated rings. The number of benzene rings is 3. The molecular weight excluding hydrogens is 528 g/mol. The zero-order chi connectivity index (χ0) is 27.7. The van der Waals surface area contributed by atoms with Crippen LogP contribution in [0.15, 0.2) is 70.5 Å². The zero-order valence-corrected chi connectivity index (χ0v) is 23.6. The van der Waals surface area contributed by atoms with E-state index in [0.717, 1.165) is 9.20 Å². The van der Waals surface area contributed by atoms with E-state index >= 15 is 0 Å². The van der Waals surface area contributed by atoms with E-state index in [1.165, 1.54) is 45.2 Å². The molecule has 0 aliphatic carbocycles. The lowest BCUT2D eigenvalue weighted by molar-refractivity contribution is -0.119. The van der Waals surface area contributed by atoms with Gasteiger partial charge in [-0.15, -0.1) is 11.8 Å². The summed E-state index contributed by atoms with van der Waals surface area (Å²) in [7, 11) is 0.391. The third-order valence-corrected chi connectivity index (χ3v) is 8.15. The molecule has 0 radical (unpaired) electrons. The van der Waals surface area contributed by atoms with Crippen LogP contribution in [-0.4, -0.2) is 55.1 Å². The third kappa shape index (κ3) is 6.46. The van der Waals surface area contributed by atoms with Gasteiger partial charge in [0.15, 0.2) is 11.5 Å². The molecule has 3 rings (SSSR count). The summed E-state index contributed by atoms with van der Waals surface area (Å²) in [5.41, 5.74) is 0.900. The van der Waals surface area contributed by atoms with Crippen molar-refractivity contribution in [2.75, 3.05) is 45.0 Å². The number of ether oxygens (including phenoxy) is 4. The molecule has 3 aromatic rings. The van der Waals surface area contributed by atoms with Gasteiger partial charge in [0.2, 0.25) is 11.7 Å². The highest BCUT2D eigenvalue weighted by atomic mass is 32.2. The fraction of sp³-hybridized carbons (Fsp3) is 0.296. The summed E-state index contributed by atoms with van der Waals surface area (Å²) < 4.78 is 50.5. The summed E-state index contributed by atoms with van der Waals surface area (Å²) in [5, 5.41) is 2.79. The lowest BCUT2D eigenvalue weighted by Crippen LogP contribution is -2.41. The van der Waals surface area contributed by atoms with Gasteiger partial charge < -0.3 is 24.3 Å². The second-order valence-electron chi connectivity index (χ2n) is 7.86. The predicted octanol–water partition coefficient (Wildman–Crippen LogP) is 4.34. The van der Waals surface area contributed by atoms with Crippen LogP contribution in [0.1, 0.15) is 12.5 Å². The summed E-state index contributed by atoms with van der Waals surface area (Å²) >= 11 is 1.51. The van der Waals surface area contributed by atoms with Gasteiger partial charge in [-0.2, -0.15) is 0 Å². The number of rotatable bonds is 13. The van der Waals surface area contributed by atoms with Gasteiger partial charge in [-0.1, -0.05) is 12.1 Å². The molecule has 0 aliphatic rings. The van der Waals surface area contributed by atoms with Crippen molar-refractivity contribution in [2.24, 2.45) is 0 Å². The average molecular weight is 561 g/mol. The summed E-state index contributed by atoms with van der Waals surface area (Å²) in [4.78, 5) is 14.2. The van der Waals surface area contributed by atoms with Crippen LogP contribution < -0.4 is 28.6 Å². The molecule has 1 N–H and O–H groups in total. The largest absolute Gasteiger partial charge is 0.493 e. The number of thioether (sulfide) groups is 1. The molecule has 0 saturated heterocycles. The minimum atomic E-state index is -4.11. The van der Waals surface area contributed by atoms with Crippen molar-refractivity contribution in [1.29, 1.82) is 0 Å². The third-order valence-electron chi connectivity index (χ3n) is 5.63. The Kier molecular flexibility index (Phi) is 10.1. The lowest BCUT2D eigenvalue weighted by Gasteiger charge is -2.26. The molecule has 9 nitrogen and oxygen atoms in total. The molecule has 11 heteroatoms. The number of hydrogen-bond donors (Lipinski definition) is 1. The smallest absolute Gasteiger partial charge is 0.264 e. The molecule has 0 spiro atoms. The Balaban J connectivity index is 1.93. The maximum absolute atomic E-state index is 13.8. The van der Waals surface area contributed by atoms with E-state index in [1.54, 1.807) is 55.5 Å². The van der Waals surface area contributed by atoms with Crippen molar-refractivity contribution in [2.45, 2.75) is 23.3 Å². The highest BCUT2D eigenvalue weighted by Gasteiger charge is 2.29. The maximum atomic E-state index is 13.8. The van der Waals surface area contributed by atoms with Gasteiger partial charge in [0, 0.05) is 17.0 Å². The van der Waals surface area contributed by atoms with Crippen LogP contribution >= 0.6 is 11.8 Å². The van der Waals surface area contributed by atoms with E-state index in [1.807, 2.05) is 6.26 Å². The first kappa shape index (κ1) is 29.0. The number of carbonyl (C=O) groups is 1. The van der Waals surface area contributed by atoms with Crippen LogP contribution in [-0.2, 0) is 21.4 Å². The Morgan fingerprint density at radius 1 is 0.895 bits per heavy atom. The summed E-state index contributed by atoms with van der Waals surface area (Å²) in [6.07, 6.45) is 1.91. The van der Waals surface area contributed by atoms with Crippen molar-refractivity contribution in [3.05, 3.63) is 66.2 Å². The molecule has 0 aromatic heterocycles. The van der Waals surface area contributed by atoms with Crippen LogP contribution in [0.4, 0.5) is 5.69 Å². The second kappa shape index (κ2) is 13.3. The number of carbonyl (C=O) groups excluding carboxylic acids is 1. The van der Waals surface area contributed by atoms with Crippen molar-refractivity contribution >= 4 is 33.4 Å². The molecule has 1 amide bonds. The number of amides is 1. The SMILES string of the molecule is CCOc1ccccc1N(CC(=O)NCc1ccc(OC)c(OC)c1OC)S(=O)(=O)c1ccc(SC)cc1. The Bertz CT molecular complexity index is 1350. The van der Waals surface area contributed by atoms with Crippen LogP contribution in [0.2, 0.25) is 0 Å². The van der Waals surface area contributed by atoms with E-state index in [-0.39, 0.29) is 17.1 Å². The topological polar surface area (TPSA) is 103 Å². The fourth-order valence-corrected chi connectivity index (χ4v) is 5.64. The molecule has 0 unspecified atom stereocenters. The van der Waals surface area contributed by atoms with Crippen molar-refractivity contribution in [3.8, 4) is 23.0 Å². The minimum absolute atomic E-state index is 0.0657. The predicted molar refractivity (Wildman–Crippen MR) is 148 cm³/mol. The number of nitrogens with zero attached hydrogens (tertiary/aromatic N) is 1. The first-order chi connectivity index (χ1) is 18.3. The Morgan fingerprint density at radius 2 is 1.58 bits per heavy atom. The number of methoxy groups -OCH3 is 3. The van der Waals surface area contributed by atoms with Crippen LogP contribution in [0.5, 0.6) is 23.0 Å². The molecule has 38 heavy (non-hydrogen) atoms. The van der Waals surface area contributed by atoms with Crippen LogP contribution in [0.3, 0.4) is 0 Å². The van der Waals surface area contributed by atoms with E-state index < -0.39 is 22.5 Å². The van der Waals surface area contributed by atoms with Crippen LogP contribution in [0.25, 0.3) is 0 Å². The Labute approximate surface area is 228 Å². The lowest BCUT2D eigenvalue weighted by atomic mass is 10.1. The summed E-state index contributed by atoms with van der Waals surface area (Å²) in [5.74, 6) is 1.13.